The molecule has 0 aromatic heterocycles. The van der Waals surface area contributed by atoms with E-state index in [1.54, 1.807) is 0 Å². The lowest BCUT2D eigenvalue weighted by atomic mass is 10.2. The molecule has 4 nitrogen and oxygen atoms in total. The number of rotatable bonds is 5. The Morgan fingerprint density at radius 2 is 2.00 bits per heavy atom. The van der Waals surface area contributed by atoms with Crippen molar-refractivity contribution in [2.24, 2.45) is 5.73 Å². The summed E-state index contributed by atoms with van der Waals surface area (Å²) >= 11 is 0. The van der Waals surface area contributed by atoms with Crippen molar-refractivity contribution in [1.82, 2.24) is 0 Å². The summed E-state index contributed by atoms with van der Waals surface area (Å²) < 4.78 is 5.87. The minimum atomic E-state index is -0.450. The third kappa shape index (κ3) is 3.96. The van der Waals surface area contributed by atoms with Gasteiger partial charge in [-0.05, 0) is 56.4 Å². The molecule has 0 radical (unpaired) electrons. The third-order valence-corrected chi connectivity index (χ3v) is 3.50. The number of carbonyl (C=O) groups excluding carboxylic acids is 1. The number of hydrogen-bond acceptors (Lipinski definition) is 3. The van der Waals surface area contributed by atoms with Gasteiger partial charge in [0.15, 0.2) is 0 Å². The predicted octanol–water partition coefficient (Wildman–Crippen LogP) is 2.68. The van der Waals surface area contributed by atoms with E-state index < -0.39 is 6.04 Å². The summed E-state index contributed by atoms with van der Waals surface area (Å²) in [4.78, 5) is 11.6. The topological polar surface area (TPSA) is 64.4 Å². The second-order valence-corrected chi connectivity index (χ2v) is 5.05. The van der Waals surface area contributed by atoms with Crippen molar-refractivity contribution in [3.05, 3.63) is 24.3 Å². The Labute approximate surface area is 114 Å². The minimum absolute atomic E-state index is 0.146. The van der Waals surface area contributed by atoms with Crippen LogP contribution in [0.4, 0.5) is 5.69 Å². The normalized spacial score (nSPS) is 17.2. The van der Waals surface area contributed by atoms with Gasteiger partial charge >= 0.3 is 0 Å². The van der Waals surface area contributed by atoms with E-state index in [1.165, 1.54) is 12.8 Å². The summed E-state index contributed by atoms with van der Waals surface area (Å²) in [6.45, 7) is 1.89. The molecule has 1 atom stereocenters. The summed E-state index contributed by atoms with van der Waals surface area (Å²) in [5.41, 5.74) is 6.42. The molecular weight excluding hydrogens is 240 g/mol. The van der Waals surface area contributed by atoms with Gasteiger partial charge in [0.2, 0.25) is 5.91 Å². The maximum absolute atomic E-state index is 11.6. The van der Waals surface area contributed by atoms with Gasteiger partial charge in [-0.3, -0.25) is 4.79 Å². The molecule has 1 aliphatic rings. The van der Waals surface area contributed by atoms with Crippen LogP contribution in [0.25, 0.3) is 0 Å². The predicted molar refractivity (Wildman–Crippen MR) is 76.2 cm³/mol. The van der Waals surface area contributed by atoms with Gasteiger partial charge in [-0.2, -0.15) is 0 Å². The molecule has 1 unspecified atom stereocenters. The highest BCUT2D eigenvalue weighted by atomic mass is 16.5. The van der Waals surface area contributed by atoms with E-state index in [0.717, 1.165) is 24.3 Å². The highest BCUT2D eigenvalue weighted by Gasteiger charge is 2.16. The van der Waals surface area contributed by atoms with Crippen LogP contribution in [0.3, 0.4) is 0 Å². The van der Waals surface area contributed by atoms with E-state index in [1.807, 2.05) is 31.2 Å². The summed E-state index contributed by atoms with van der Waals surface area (Å²) in [7, 11) is 0. The molecule has 4 heteroatoms. The Morgan fingerprint density at radius 3 is 2.58 bits per heavy atom. The molecule has 1 aromatic carbocycles. The van der Waals surface area contributed by atoms with Gasteiger partial charge in [0.1, 0.15) is 5.75 Å². The van der Waals surface area contributed by atoms with Crippen LogP contribution in [0.15, 0.2) is 24.3 Å². The molecule has 0 aliphatic heterocycles. The monoisotopic (exact) mass is 262 g/mol. The zero-order valence-electron chi connectivity index (χ0n) is 11.4. The van der Waals surface area contributed by atoms with Gasteiger partial charge in [0.25, 0.3) is 0 Å². The van der Waals surface area contributed by atoms with Crippen LogP contribution in [0, 0.1) is 0 Å². The smallest absolute Gasteiger partial charge is 0.241 e. The zero-order chi connectivity index (χ0) is 13.7. The molecule has 104 valence electrons. The van der Waals surface area contributed by atoms with Crippen LogP contribution < -0.4 is 15.8 Å². The molecule has 0 bridgehead atoms. The highest BCUT2D eigenvalue weighted by Crippen LogP contribution is 2.24. The first-order valence-electron chi connectivity index (χ1n) is 7.02. The highest BCUT2D eigenvalue weighted by molar-refractivity contribution is 5.94. The lowest BCUT2D eigenvalue weighted by Crippen LogP contribution is -2.34. The van der Waals surface area contributed by atoms with Crippen molar-refractivity contribution < 1.29 is 9.53 Å². The molecule has 19 heavy (non-hydrogen) atoms. The molecule has 1 aliphatic carbocycles. The average molecular weight is 262 g/mol. The maximum Gasteiger partial charge on any atom is 0.241 e. The number of anilines is 1. The van der Waals surface area contributed by atoms with E-state index >= 15 is 0 Å². The van der Waals surface area contributed by atoms with Crippen LogP contribution in [0.5, 0.6) is 5.75 Å². The molecular formula is C15H22N2O2. The molecule has 1 aromatic rings. The maximum atomic E-state index is 11.6. The van der Waals surface area contributed by atoms with Crippen molar-refractivity contribution in [3.8, 4) is 5.75 Å². The number of hydrogen-bond donors (Lipinski definition) is 2. The van der Waals surface area contributed by atoms with Gasteiger partial charge < -0.3 is 15.8 Å². The van der Waals surface area contributed by atoms with Gasteiger partial charge in [0, 0.05) is 5.69 Å². The standard InChI is InChI=1S/C15H22N2O2/c1-2-14(16)15(18)17-11-7-9-13(10-8-11)19-12-5-3-4-6-12/h7-10,12,14H,2-6,16H2,1H3,(H,17,18). The van der Waals surface area contributed by atoms with Gasteiger partial charge in [-0.25, -0.2) is 0 Å². The summed E-state index contributed by atoms with van der Waals surface area (Å²) in [5.74, 6) is 0.719. The fourth-order valence-corrected chi connectivity index (χ4v) is 2.24. The van der Waals surface area contributed by atoms with Crippen molar-refractivity contribution >= 4 is 11.6 Å². The van der Waals surface area contributed by atoms with E-state index in [9.17, 15) is 4.79 Å². The first kappa shape index (κ1) is 13.9. The van der Waals surface area contributed by atoms with Crippen molar-refractivity contribution in [1.29, 1.82) is 0 Å². The fourth-order valence-electron chi connectivity index (χ4n) is 2.24. The zero-order valence-corrected chi connectivity index (χ0v) is 11.4. The van der Waals surface area contributed by atoms with Gasteiger partial charge in [-0.1, -0.05) is 6.92 Å². The number of benzene rings is 1. The Bertz CT molecular complexity index is 411. The van der Waals surface area contributed by atoms with E-state index in [2.05, 4.69) is 5.32 Å². The van der Waals surface area contributed by atoms with Crippen molar-refractivity contribution in [2.45, 2.75) is 51.2 Å². The fraction of sp³-hybridized carbons (Fsp3) is 0.533. The number of carbonyl (C=O) groups is 1. The average Bonchev–Trinajstić information content (AvgIpc) is 2.93. The summed E-state index contributed by atoms with van der Waals surface area (Å²) in [6, 6.07) is 7.04. The van der Waals surface area contributed by atoms with Crippen LogP contribution in [0.1, 0.15) is 39.0 Å². The number of amides is 1. The molecule has 0 spiro atoms. The van der Waals surface area contributed by atoms with Crippen LogP contribution >= 0.6 is 0 Å². The Hall–Kier alpha value is -1.55. The number of nitrogens with two attached hydrogens (primary N) is 1. The van der Waals surface area contributed by atoms with Crippen LogP contribution in [0.2, 0.25) is 0 Å². The molecule has 0 saturated heterocycles. The van der Waals surface area contributed by atoms with Crippen molar-refractivity contribution in [3.63, 3.8) is 0 Å². The molecule has 1 fully saturated rings. The van der Waals surface area contributed by atoms with Crippen LogP contribution in [-0.2, 0) is 4.79 Å². The first-order valence-corrected chi connectivity index (χ1v) is 7.02. The minimum Gasteiger partial charge on any atom is -0.490 e. The summed E-state index contributed by atoms with van der Waals surface area (Å²) in [6.07, 6.45) is 5.79. The lowest BCUT2D eigenvalue weighted by Gasteiger charge is -2.14. The number of ether oxygens (including phenoxy) is 1. The lowest BCUT2D eigenvalue weighted by molar-refractivity contribution is -0.117. The van der Waals surface area contributed by atoms with E-state index in [4.69, 9.17) is 10.5 Å². The Kier molecular flexibility index (Phi) is 4.80. The molecule has 1 saturated carbocycles. The molecule has 2 rings (SSSR count). The second kappa shape index (κ2) is 6.57. The van der Waals surface area contributed by atoms with Gasteiger partial charge in [0.05, 0.1) is 12.1 Å². The quantitative estimate of drug-likeness (QED) is 0.857. The Morgan fingerprint density at radius 1 is 1.37 bits per heavy atom. The SMILES string of the molecule is CCC(N)C(=O)Nc1ccc(OC2CCCC2)cc1. The van der Waals surface area contributed by atoms with Crippen LogP contribution in [-0.4, -0.2) is 18.1 Å². The molecule has 1 amide bonds. The largest absolute Gasteiger partial charge is 0.490 e. The third-order valence-electron chi connectivity index (χ3n) is 3.50. The first-order chi connectivity index (χ1) is 9.19. The van der Waals surface area contributed by atoms with Crippen molar-refractivity contribution in [2.75, 3.05) is 5.32 Å². The number of nitrogens with one attached hydrogen (secondary N) is 1. The second-order valence-electron chi connectivity index (χ2n) is 5.05. The summed E-state index contributed by atoms with van der Waals surface area (Å²) in [5, 5.41) is 2.79. The molecule has 0 heterocycles. The Balaban J connectivity index is 1.88. The van der Waals surface area contributed by atoms with E-state index in [0.29, 0.717) is 12.5 Å². The van der Waals surface area contributed by atoms with E-state index in [-0.39, 0.29) is 5.91 Å². The van der Waals surface area contributed by atoms with Gasteiger partial charge in [-0.15, -0.1) is 0 Å². The molecule has 3 N–H and O–H groups in total.